The molecule has 0 atom stereocenters. The van der Waals surface area contributed by atoms with Gasteiger partial charge in [0, 0.05) is 23.8 Å². The van der Waals surface area contributed by atoms with E-state index in [2.05, 4.69) is 0 Å². The van der Waals surface area contributed by atoms with E-state index >= 15 is 0 Å². The predicted molar refractivity (Wildman–Crippen MR) is 76.2 cm³/mol. The fourth-order valence-corrected chi connectivity index (χ4v) is 2.31. The van der Waals surface area contributed by atoms with Crippen molar-refractivity contribution in [2.75, 3.05) is 18.9 Å². The number of amides is 1. The average molecular weight is 262 g/mol. The van der Waals surface area contributed by atoms with E-state index in [0.717, 1.165) is 36.3 Å². The third-order valence-electron chi connectivity index (χ3n) is 3.63. The summed E-state index contributed by atoms with van der Waals surface area (Å²) in [5, 5.41) is 0. The fourth-order valence-electron chi connectivity index (χ4n) is 2.31. The van der Waals surface area contributed by atoms with Gasteiger partial charge in [0.1, 0.15) is 5.75 Å². The van der Waals surface area contributed by atoms with Gasteiger partial charge in [-0.2, -0.15) is 0 Å². The number of hydrogen-bond acceptors (Lipinski definition) is 3. The van der Waals surface area contributed by atoms with Gasteiger partial charge in [-0.25, -0.2) is 0 Å². The second-order valence-corrected chi connectivity index (χ2v) is 5.13. The summed E-state index contributed by atoms with van der Waals surface area (Å²) in [7, 11) is 0. The maximum atomic E-state index is 12.1. The molecule has 1 saturated carbocycles. The zero-order valence-electron chi connectivity index (χ0n) is 11.9. The first-order chi connectivity index (χ1) is 9.04. The van der Waals surface area contributed by atoms with Gasteiger partial charge in [-0.05, 0) is 45.2 Å². The third kappa shape index (κ3) is 3.00. The number of carbonyl (C=O) groups is 1. The Kier molecular flexibility index (Phi) is 3.98. The Morgan fingerprint density at radius 2 is 2.11 bits per heavy atom. The third-order valence-corrected chi connectivity index (χ3v) is 3.63. The maximum absolute atomic E-state index is 12.1. The number of likely N-dealkylation sites (N-methyl/N-ethyl adjacent to an activating group) is 1. The minimum atomic E-state index is 0.0613. The molecule has 0 aliphatic heterocycles. The van der Waals surface area contributed by atoms with Crippen molar-refractivity contribution >= 4 is 11.6 Å². The van der Waals surface area contributed by atoms with E-state index in [0.29, 0.717) is 11.7 Å². The molecule has 1 aromatic carbocycles. The minimum Gasteiger partial charge on any atom is -0.483 e. The maximum Gasteiger partial charge on any atom is 0.260 e. The zero-order valence-corrected chi connectivity index (χ0v) is 11.9. The van der Waals surface area contributed by atoms with E-state index in [1.165, 1.54) is 0 Å². The van der Waals surface area contributed by atoms with Crippen LogP contribution in [0.4, 0.5) is 5.69 Å². The highest BCUT2D eigenvalue weighted by Crippen LogP contribution is 2.29. The summed E-state index contributed by atoms with van der Waals surface area (Å²) in [6.07, 6.45) is 2.24. The summed E-state index contributed by atoms with van der Waals surface area (Å²) in [5.41, 5.74) is 8.47. The van der Waals surface area contributed by atoms with Crippen molar-refractivity contribution in [2.45, 2.75) is 39.7 Å². The van der Waals surface area contributed by atoms with Gasteiger partial charge in [0.25, 0.3) is 5.91 Å². The first kappa shape index (κ1) is 13.7. The summed E-state index contributed by atoms with van der Waals surface area (Å²) in [4.78, 5) is 14.0. The first-order valence-corrected chi connectivity index (χ1v) is 6.82. The number of carbonyl (C=O) groups excluding carboxylic acids is 1. The Morgan fingerprint density at radius 3 is 2.68 bits per heavy atom. The molecule has 2 rings (SSSR count). The Balaban J connectivity index is 2.02. The van der Waals surface area contributed by atoms with Gasteiger partial charge in [0.15, 0.2) is 6.61 Å². The smallest absolute Gasteiger partial charge is 0.260 e. The largest absolute Gasteiger partial charge is 0.483 e. The number of anilines is 1. The molecule has 4 nitrogen and oxygen atoms in total. The Bertz CT molecular complexity index is 481. The standard InChI is InChI=1S/C15H22N2O2/c1-4-17(12-6-7-12)14(18)9-19-15-10(2)5-8-13(16)11(15)3/h5,8,12H,4,6-7,9,16H2,1-3H3. The lowest BCUT2D eigenvalue weighted by molar-refractivity contribution is -0.133. The summed E-state index contributed by atoms with van der Waals surface area (Å²) in [6.45, 7) is 6.73. The molecule has 1 fully saturated rings. The Morgan fingerprint density at radius 1 is 1.42 bits per heavy atom. The molecule has 104 valence electrons. The summed E-state index contributed by atoms with van der Waals surface area (Å²) in [6, 6.07) is 4.21. The number of nitrogen functional groups attached to an aromatic ring is 1. The second kappa shape index (κ2) is 5.51. The van der Waals surface area contributed by atoms with Gasteiger partial charge in [-0.3, -0.25) is 4.79 Å². The summed E-state index contributed by atoms with van der Waals surface area (Å²) in [5.74, 6) is 0.798. The van der Waals surface area contributed by atoms with Crippen LogP contribution in [0.5, 0.6) is 5.75 Å². The number of nitrogens with two attached hydrogens (primary N) is 1. The fraction of sp³-hybridized carbons (Fsp3) is 0.533. The van der Waals surface area contributed by atoms with Crippen molar-refractivity contribution in [1.29, 1.82) is 0 Å². The van der Waals surface area contributed by atoms with Crippen LogP contribution in [-0.2, 0) is 4.79 Å². The number of hydrogen-bond donors (Lipinski definition) is 1. The van der Waals surface area contributed by atoms with Crippen LogP contribution in [0.15, 0.2) is 12.1 Å². The molecule has 19 heavy (non-hydrogen) atoms. The predicted octanol–water partition coefficient (Wildman–Crippen LogP) is 2.28. The Labute approximate surface area is 114 Å². The monoisotopic (exact) mass is 262 g/mol. The quantitative estimate of drug-likeness (QED) is 0.828. The van der Waals surface area contributed by atoms with Crippen LogP contribution in [0.2, 0.25) is 0 Å². The molecular weight excluding hydrogens is 240 g/mol. The summed E-state index contributed by atoms with van der Waals surface area (Å²) < 4.78 is 5.70. The van der Waals surface area contributed by atoms with Gasteiger partial charge >= 0.3 is 0 Å². The lowest BCUT2D eigenvalue weighted by Gasteiger charge is -2.21. The van der Waals surface area contributed by atoms with Crippen LogP contribution < -0.4 is 10.5 Å². The van der Waals surface area contributed by atoms with Gasteiger partial charge in [0.05, 0.1) is 0 Å². The van der Waals surface area contributed by atoms with Crippen molar-refractivity contribution in [2.24, 2.45) is 0 Å². The van der Waals surface area contributed by atoms with Crippen LogP contribution in [0, 0.1) is 13.8 Å². The number of benzene rings is 1. The van der Waals surface area contributed by atoms with Crippen LogP contribution in [0.1, 0.15) is 30.9 Å². The van der Waals surface area contributed by atoms with Crippen LogP contribution >= 0.6 is 0 Å². The summed E-state index contributed by atoms with van der Waals surface area (Å²) >= 11 is 0. The molecule has 0 heterocycles. The lowest BCUT2D eigenvalue weighted by atomic mass is 10.1. The molecular formula is C15H22N2O2. The zero-order chi connectivity index (χ0) is 14.0. The topological polar surface area (TPSA) is 55.6 Å². The Hall–Kier alpha value is -1.71. The highest BCUT2D eigenvalue weighted by Gasteiger charge is 2.31. The molecule has 1 aliphatic rings. The van der Waals surface area contributed by atoms with Gasteiger partial charge in [0.2, 0.25) is 0 Å². The van der Waals surface area contributed by atoms with Gasteiger partial charge in [-0.1, -0.05) is 6.07 Å². The molecule has 0 unspecified atom stereocenters. The highest BCUT2D eigenvalue weighted by molar-refractivity contribution is 5.78. The number of nitrogens with zero attached hydrogens (tertiary/aromatic N) is 1. The first-order valence-electron chi connectivity index (χ1n) is 6.82. The number of aryl methyl sites for hydroxylation is 1. The number of rotatable bonds is 5. The molecule has 0 bridgehead atoms. The van der Waals surface area contributed by atoms with Gasteiger partial charge < -0.3 is 15.4 Å². The van der Waals surface area contributed by atoms with Gasteiger partial charge in [-0.15, -0.1) is 0 Å². The molecule has 2 N–H and O–H groups in total. The number of ether oxygens (including phenoxy) is 1. The van der Waals surface area contributed by atoms with E-state index in [1.807, 2.05) is 37.8 Å². The molecule has 1 amide bonds. The molecule has 0 saturated heterocycles. The van der Waals surface area contributed by atoms with E-state index in [1.54, 1.807) is 0 Å². The molecule has 1 aliphatic carbocycles. The molecule has 0 spiro atoms. The highest BCUT2D eigenvalue weighted by atomic mass is 16.5. The minimum absolute atomic E-state index is 0.0613. The van der Waals surface area contributed by atoms with Crippen molar-refractivity contribution in [3.05, 3.63) is 23.3 Å². The van der Waals surface area contributed by atoms with Crippen LogP contribution in [0.25, 0.3) is 0 Å². The molecule has 0 radical (unpaired) electrons. The van der Waals surface area contributed by atoms with E-state index in [-0.39, 0.29) is 12.5 Å². The molecule has 4 heteroatoms. The second-order valence-electron chi connectivity index (χ2n) is 5.13. The van der Waals surface area contributed by atoms with Crippen molar-refractivity contribution in [3.8, 4) is 5.75 Å². The van der Waals surface area contributed by atoms with Crippen molar-refractivity contribution in [3.63, 3.8) is 0 Å². The van der Waals surface area contributed by atoms with Crippen LogP contribution in [0.3, 0.4) is 0 Å². The lowest BCUT2D eigenvalue weighted by Crippen LogP contribution is -2.36. The van der Waals surface area contributed by atoms with E-state index in [9.17, 15) is 4.79 Å². The van der Waals surface area contributed by atoms with Crippen molar-refractivity contribution in [1.82, 2.24) is 4.90 Å². The average Bonchev–Trinajstić information content (AvgIpc) is 3.19. The van der Waals surface area contributed by atoms with E-state index < -0.39 is 0 Å². The molecule has 1 aromatic rings. The normalized spacial score (nSPS) is 14.3. The SMILES string of the molecule is CCN(C(=O)COc1c(C)ccc(N)c1C)C1CC1. The van der Waals surface area contributed by atoms with Crippen molar-refractivity contribution < 1.29 is 9.53 Å². The molecule has 0 aromatic heterocycles. The van der Waals surface area contributed by atoms with E-state index in [4.69, 9.17) is 10.5 Å². The van der Waals surface area contributed by atoms with Crippen LogP contribution in [-0.4, -0.2) is 30.0 Å².